The van der Waals surface area contributed by atoms with Gasteiger partial charge in [-0.05, 0) is 44.3 Å². The number of para-hydroxylation sites is 1. The number of halogens is 2. The smallest absolute Gasteiger partial charge is 0.161 e. The number of Topliss-reactive ketones (excluding diaryl/α,β-unsaturated/α-hetero) is 1. The molecule has 9 heteroatoms. The number of benzene rings is 1. The van der Waals surface area contributed by atoms with Crippen molar-refractivity contribution in [3.8, 4) is 0 Å². The highest BCUT2D eigenvalue weighted by Crippen LogP contribution is 2.53. The number of carbonyl (C=O) groups is 1. The lowest BCUT2D eigenvalue weighted by atomic mass is 9.67. The fraction of sp³-hybridized carbons (Fsp3) is 0.417. The van der Waals surface area contributed by atoms with Gasteiger partial charge in [-0.15, -0.1) is 4.90 Å². The maximum Gasteiger partial charge on any atom is 0.161 e. The van der Waals surface area contributed by atoms with Gasteiger partial charge in [-0.25, -0.2) is 9.82 Å². The number of nitrogens with zero attached hydrogens (tertiary/aromatic N) is 3. The van der Waals surface area contributed by atoms with Crippen molar-refractivity contribution in [2.24, 2.45) is 5.92 Å². The molecule has 33 heavy (non-hydrogen) atoms. The molecule has 0 saturated heterocycles. The van der Waals surface area contributed by atoms with Gasteiger partial charge >= 0.3 is 0 Å². The van der Waals surface area contributed by atoms with Crippen LogP contribution in [0.3, 0.4) is 0 Å². The summed E-state index contributed by atoms with van der Waals surface area (Å²) in [6, 6.07) is 7.34. The molecule has 0 saturated carbocycles. The van der Waals surface area contributed by atoms with Crippen molar-refractivity contribution in [1.29, 1.82) is 0 Å². The van der Waals surface area contributed by atoms with Crippen molar-refractivity contribution in [3.63, 3.8) is 0 Å². The van der Waals surface area contributed by atoms with E-state index >= 15 is 4.39 Å². The van der Waals surface area contributed by atoms with Crippen molar-refractivity contribution in [1.82, 2.24) is 20.3 Å². The number of carbonyl (C=O) groups excluding carboxylic acids is 1. The molecular formula is C24H27F2N5O2. The first kappa shape index (κ1) is 21.8. The molecule has 1 aromatic carbocycles. The van der Waals surface area contributed by atoms with Crippen molar-refractivity contribution in [2.75, 3.05) is 32.7 Å². The summed E-state index contributed by atoms with van der Waals surface area (Å²) in [4.78, 5) is 14.9. The highest BCUT2D eigenvalue weighted by Gasteiger charge is 2.59. The van der Waals surface area contributed by atoms with Gasteiger partial charge in [-0.3, -0.25) is 4.79 Å². The zero-order chi connectivity index (χ0) is 23.2. The second-order valence-electron chi connectivity index (χ2n) is 9.24. The quantitative estimate of drug-likeness (QED) is 0.697. The molecule has 1 aromatic heterocycles. The van der Waals surface area contributed by atoms with E-state index in [0.29, 0.717) is 48.6 Å². The Hall–Kier alpha value is -3.04. The average molecular weight is 456 g/mol. The largest absolute Gasteiger partial charge is 0.493 e. The minimum atomic E-state index is -1.97. The van der Waals surface area contributed by atoms with Crippen molar-refractivity contribution >= 4 is 11.5 Å². The van der Waals surface area contributed by atoms with Crippen molar-refractivity contribution in [2.45, 2.75) is 30.5 Å². The molecule has 3 aliphatic rings. The Balaban J connectivity index is 1.49. The molecule has 174 valence electrons. The number of allylic oxidation sites excluding steroid dienone is 2. The van der Waals surface area contributed by atoms with Crippen molar-refractivity contribution < 1.29 is 18.4 Å². The minimum absolute atomic E-state index is 0.0107. The van der Waals surface area contributed by atoms with E-state index in [0.717, 1.165) is 5.57 Å². The number of rotatable bonds is 6. The molecule has 2 aromatic rings. The molecule has 2 aliphatic heterocycles. The summed E-state index contributed by atoms with van der Waals surface area (Å²) in [6.45, 7) is 0.966. The van der Waals surface area contributed by atoms with Gasteiger partial charge in [0.1, 0.15) is 17.1 Å². The van der Waals surface area contributed by atoms with E-state index in [2.05, 4.69) is 16.0 Å². The number of hydrazine groups is 1. The maximum atomic E-state index is 17.1. The topological polar surface area (TPSA) is 71.4 Å². The summed E-state index contributed by atoms with van der Waals surface area (Å²) in [6.07, 6.45) is 6.53. The summed E-state index contributed by atoms with van der Waals surface area (Å²) in [7, 11) is 3.85. The van der Waals surface area contributed by atoms with Crippen LogP contribution in [0.25, 0.3) is 0 Å². The Kier molecular flexibility index (Phi) is 5.33. The fourth-order valence-corrected chi connectivity index (χ4v) is 5.09. The number of aromatic nitrogens is 2. The lowest BCUT2D eigenvalue weighted by Crippen LogP contribution is -2.57. The van der Waals surface area contributed by atoms with Crippen LogP contribution in [0.4, 0.5) is 14.6 Å². The summed E-state index contributed by atoms with van der Waals surface area (Å²) < 4.78 is 36.9. The van der Waals surface area contributed by atoms with Gasteiger partial charge < -0.3 is 15.1 Å². The summed E-state index contributed by atoms with van der Waals surface area (Å²) in [5.41, 5.74) is 5.27. The van der Waals surface area contributed by atoms with Crippen molar-refractivity contribution in [3.05, 3.63) is 71.3 Å². The fourth-order valence-electron chi connectivity index (χ4n) is 5.09. The number of ether oxygens (including phenoxy) is 1. The monoisotopic (exact) mass is 455 g/mol. The highest BCUT2D eigenvalue weighted by atomic mass is 19.2. The molecule has 0 spiro atoms. The third-order valence-electron chi connectivity index (χ3n) is 6.84. The molecule has 5 rings (SSSR count). The van der Waals surface area contributed by atoms with Crippen LogP contribution in [0.5, 0.6) is 0 Å². The minimum Gasteiger partial charge on any atom is -0.493 e. The SMILES string of the molecule is CN(C)CCC(=O)C1COC2=C(C1)CC(F)(C1(c3cnn(F)c3)NNc3ccccc31)C=C2. The van der Waals surface area contributed by atoms with E-state index in [1.54, 1.807) is 6.08 Å². The first-order valence-electron chi connectivity index (χ1n) is 11.1. The zero-order valence-corrected chi connectivity index (χ0v) is 18.6. The molecule has 3 unspecified atom stereocenters. The number of hydrogen-bond donors (Lipinski definition) is 2. The Morgan fingerprint density at radius 1 is 1.36 bits per heavy atom. The predicted molar refractivity (Wildman–Crippen MR) is 120 cm³/mol. The van der Waals surface area contributed by atoms with E-state index in [4.69, 9.17) is 4.74 Å². The van der Waals surface area contributed by atoms with Gasteiger partial charge in [0.2, 0.25) is 0 Å². The van der Waals surface area contributed by atoms with Crippen LogP contribution in [0.1, 0.15) is 30.4 Å². The predicted octanol–water partition coefficient (Wildman–Crippen LogP) is 3.27. The Morgan fingerprint density at radius 3 is 2.94 bits per heavy atom. The number of nitrogens with one attached hydrogen (secondary N) is 2. The first-order chi connectivity index (χ1) is 15.8. The van der Waals surface area contributed by atoms with Crippen LogP contribution < -0.4 is 10.9 Å². The van der Waals surface area contributed by atoms with E-state index in [-0.39, 0.29) is 23.0 Å². The van der Waals surface area contributed by atoms with E-state index in [1.165, 1.54) is 18.5 Å². The van der Waals surface area contributed by atoms with Gasteiger partial charge in [0, 0.05) is 30.5 Å². The molecule has 7 nitrogen and oxygen atoms in total. The van der Waals surface area contributed by atoms with E-state index in [9.17, 15) is 9.28 Å². The standard InChI is InChI=1S/C24H27F2N5O2/c1-30(2)10-8-21(32)17-11-16-12-23(25,9-7-22(16)33-15-17)24(18-13-27-31(26)14-18)19-5-3-4-6-20(19)28-29-24/h3-7,9,13-14,17,28-29H,8,10-12,15H2,1-2H3. The van der Waals surface area contributed by atoms with Crippen LogP contribution in [0.2, 0.25) is 0 Å². The number of hydrogen-bond acceptors (Lipinski definition) is 6. The highest BCUT2D eigenvalue weighted by molar-refractivity contribution is 5.82. The molecule has 0 bridgehead atoms. The number of ketones is 1. The molecule has 3 atom stereocenters. The number of fused-ring (bicyclic) bond motifs is 1. The Labute approximate surface area is 191 Å². The van der Waals surface area contributed by atoms with E-state index < -0.39 is 11.2 Å². The third-order valence-corrected chi connectivity index (χ3v) is 6.84. The molecule has 2 N–H and O–H groups in total. The van der Waals surface area contributed by atoms with Gasteiger partial charge in [-0.2, -0.15) is 5.10 Å². The molecular weight excluding hydrogens is 428 g/mol. The second kappa shape index (κ2) is 8.07. The number of anilines is 1. The Morgan fingerprint density at radius 2 is 2.18 bits per heavy atom. The van der Waals surface area contributed by atoms with Gasteiger partial charge in [0.15, 0.2) is 5.67 Å². The summed E-state index contributed by atoms with van der Waals surface area (Å²) >= 11 is 0. The summed E-state index contributed by atoms with van der Waals surface area (Å²) in [5, 5.41) is 3.66. The first-order valence-corrected chi connectivity index (χ1v) is 11.1. The van der Waals surface area contributed by atoms with Crippen LogP contribution in [-0.2, 0) is 15.1 Å². The molecule has 3 heterocycles. The average Bonchev–Trinajstić information content (AvgIpc) is 3.41. The third kappa shape index (κ3) is 3.55. The normalized spacial score (nSPS) is 28.3. The molecule has 0 radical (unpaired) electrons. The van der Waals surface area contributed by atoms with Gasteiger partial charge in [-0.1, -0.05) is 22.7 Å². The van der Waals surface area contributed by atoms with Gasteiger partial charge in [0.25, 0.3) is 0 Å². The second-order valence-corrected chi connectivity index (χ2v) is 9.24. The zero-order valence-electron chi connectivity index (χ0n) is 18.6. The summed E-state index contributed by atoms with van der Waals surface area (Å²) in [5.74, 6) is 0.440. The Bertz CT molecular complexity index is 1140. The lowest BCUT2D eigenvalue weighted by molar-refractivity contribution is -0.125. The van der Waals surface area contributed by atoms with Crippen LogP contribution in [-0.4, -0.2) is 53.6 Å². The van der Waals surface area contributed by atoms with Crippen LogP contribution in [0, 0.1) is 5.92 Å². The number of alkyl halides is 1. The van der Waals surface area contributed by atoms with Crippen LogP contribution in [0.15, 0.2) is 60.1 Å². The molecule has 1 aliphatic carbocycles. The molecule has 0 amide bonds. The molecule has 0 fully saturated rings. The van der Waals surface area contributed by atoms with Gasteiger partial charge in [0.05, 0.1) is 30.6 Å². The van der Waals surface area contributed by atoms with E-state index in [1.807, 2.05) is 43.3 Å². The lowest BCUT2D eigenvalue weighted by Gasteiger charge is -2.44. The van der Waals surface area contributed by atoms with Crippen LogP contribution >= 0.6 is 0 Å². The maximum absolute atomic E-state index is 17.1.